The van der Waals surface area contributed by atoms with E-state index in [0.717, 1.165) is 5.56 Å². The Morgan fingerprint density at radius 3 is 2.33 bits per heavy atom. The largest absolute Gasteiger partial charge is 0.355 e. The highest BCUT2D eigenvalue weighted by molar-refractivity contribution is 5.88. The summed E-state index contributed by atoms with van der Waals surface area (Å²) in [4.78, 5) is 26.1. The van der Waals surface area contributed by atoms with Gasteiger partial charge in [0.05, 0.1) is 0 Å². The van der Waals surface area contributed by atoms with Crippen molar-refractivity contribution in [1.29, 1.82) is 0 Å². The first kappa shape index (κ1) is 14.0. The van der Waals surface area contributed by atoms with E-state index in [0.29, 0.717) is 5.92 Å². The van der Waals surface area contributed by atoms with Gasteiger partial charge < -0.3 is 4.84 Å². The van der Waals surface area contributed by atoms with Crippen LogP contribution in [-0.4, -0.2) is 11.9 Å². The molecule has 1 rings (SSSR count). The average Bonchev–Trinajstić information content (AvgIpc) is 2.34. The molecule has 4 heteroatoms. The van der Waals surface area contributed by atoms with Gasteiger partial charge in [0, 0.05) is 13.0 Å². The zero-order chi connectivity index (χ0) is 13.5. The fourth-order valence-electron chi connectivity index (χ4n) is 1.31. The van der Waals surface area contributed by atoms with Crippen molar-refractivity contribution in [2.45, 2.75) is 26.7 Å². The second-order valence-electron chi connectivity index (χ2n) is 4.23. The Morgan fingerprint density at radius 1 is 1.22 bits per heavy atom. The van der Waals surface area contributed by atoms with Gasteiger partial charge in [-0.2, -0.15) is 5.48 Å². The van der Waals surface area contributed by atoms with Gasteiger partial charge in [0.25, 0.3) is 0 Å². The van der Waals surface area contributed by atoms with Gasteiger partial charge in [-0.3, -0.25) is 4.79 Å². The summed E-state index contributed by atoms with van der Waals surface area (Å²) in [5, 5.41) is 0. The second-order valence-corrected chi connectivity index (χ2v) is 4.23. The summed E-state index contributed by atoms with van der Waals surface area (Å²) in [6, 6.07) is 7.89. The van der Waals surface area contributed by atoms with Crippen molar-refractivity contribution in [2.75, 3.05) is 0 Å². The van der Waals surface area contributed by atoms with E-state index in [4.69, 9.17) is 0 Å². The van der Waals surface area contributed by atoms with E-state index < -0.39 is 11.9 Å². The molecule has 0 aliphatic rings. The summed E-state index contributed by atoms with van der Waals surface area (Å²) < 4.78 is 0. The number of hydroxylamine groups is 1. The molecule has 4 nitrogen and oxygen atoms in total. The number of carbonyl (C=O) groups is 2. The molecule has 1 aromatic carbocycles. The standard InChI is InChI=1S/C14H17NO3/c1-10(2)13-7-4-12(5-8-13)6-9-14(17)18-15-11(3)16/h4-10H,1-3H3,(H,15,16). The highest BCUT2D eigenvalue weighted by Crippen LogP contribution is 2.15. The molecule has 0 unspecified atom stereocenters. The third-order valence-electron chi connectivity index (χ3n) is 2.31. The lowest BCUT2D eigenvalue weighted by Gasteiger charge is -2.04. The Labute approximate surface area is 107 Å². The van der Waals surface area contributed by atoms with E-state index in [2.05, 4.69) is 18.7 Å². The zero-order valence-corrected chi connectivity index (χ0v) is 10.8. The van der Waals surface area contributed by atoms with Crippen LogP contribution in [0.25, 0.3) is 6.08 Å². The van der Waals surface area contributed by atoms with Crippen LogP contribution < -0.4 is 5.48 Å². The quantitative estimate of drug-likeness (QED) is 0.659. The van der Waals surface area contributed by atoms with Crippen molar-refractivity contribution < 1.29 is 14.4 Å². The van der Waals surface area contributed by atoms with Crippen molar-refractivity contribution in [3.05, 3.63) is 41.5 Å². The summed E-state index contributed by atoms with van der Waals surface area (Å²) in [6.45, 7) is 5.51. The minimum absolute atomic E-state index is 0.418. The van der Waals surface area contributed by atoms with Crippen LogP contribution in [0, 0.1) is 0 Å². The van der Waals surface area contributed by atoms with Crippen LogP contribution in [0.2, 0.25) is 0 Å². The van der Waals surface area contributed by atoms with Crippen LogP contribution in [0.4, 0.5) is 0 Å². The average molecular weight is 247 g/mol. The van der Waals surface area contributed by atoms with Crippen LogP contribution in [0.1, 0.15) is 37.8 Å². The van der Waals surface area contributed by atoms with Crippen molar-refractivity contribution in [2.24, 2.45) is 0 Å². The smallest absolute Gasteiger partial charge is 0.336 e. The lowest BCUT2D eigenvalue weighted by molar-refractivity contribution is -0.152. The molecule has 0 aromatic heterocycles. The fourth-order valence-corrected chi connectivity index (χ4v) is 1.31. The van der Waals surface area contributed by atoms with Crippen molar-refractivity contribution in [1.82, 2.24) is 5.48 Å². The van der Waals surface area contributed by atoms with Crippen LogP contribution in [0.3, 0.4) is 0 Å². The van der Waals surface area contributed by atoms with Crippen molar-refractivity contribution in [3.8, 4) is 0 Å². The number of hydrogen-bond acceptors (Lipinski definition) is 3. The first-order valence-electron chi connectivity index (χ1n) is 5.74. The van der Waals surface area contributed by atoms with Crippen molar-refractivity contribution in [3.63, 3.8) is 0 Å². The molecular weight excluding hydrogens is 230 g/mol. The number of carbonyl (C=O) groups excluding carboxylic acids is 2. The van der Waals surface area contributed by atoms with Gasteiger partial charge in [0.1, 0.15) is 0 Å². The van der Waals surface area contributed by atoms with Gasteiger partial charge in [-0.1, -0.05) is 38.1 Å². The fraction of sp³-hybridized carbons (Fsp3) is 0.286. The molecule has 1 amide bonds. The molecule has 1 aromatic rings. The summed E-state index contributed by atoms with van der Waals surface area (Å²) in [6.07, 6.45) is 2.90. The predicted molar refractivity (Wildman–Crippen MR) is 69.5 cm³/mol. The van der Waals surface area contributed by atoms with Crippen LogP contribution >= 0.6 is 0 Å². The van der Waals surface area contributed by atoms with Gasteiger partial charge in [-0.15, -0.1) is 0 Å². The third-order valence-corrected chi connectivity index (χ3v) is 2.31. The molecule has 0 radical (unpaired) electrons. The maximum absolute atomic E-state index is 11.2. The first-order valence-corrected chi connectivity index (χ1v) is 5.74. The van der Waals surface area contributed by atoms with E-state index in [1.54, 1.807) is 6.08 Å². The highest BCUT2D eigenvalue weighted by Gasteiger charge is 2.00. The molecule has 0 bridgehead atoms. The lowest BCUT2D eigenvalue weighted by atomic mass is 10.0. The molecule has 0 atom stereocenters. The maximum Gasteiger partial charge on any atom is 0.355 e. The Bertz CT molecular complexity index is 447. The molecule has 96 valence electrons. The highest BCUT2D eigenvalue weighted by atomic mass is 16.7. The number of benzene rings is 1. The number of nitrogens with one attached hydrogen (secondary N) is 1. The van der Waals surface area contributed by atoms with Crippen LogP contribution in [0.5, 0.6) is 0 Å². The lowest BCUT2D eigenvalue weighted by Crippen LogP contribution is -2.23. The number of amides is 1. The first-order chi connectivity index (χ1) is 8.49. The van der Waals surface area contributed by atoms with Gasteiger partial charge in [-0.05, 0) is 23.1 Å². The second kappa shape index (κ2) is 6.59. The number of rotatable bonds is 3. The molecular formula is C14H17NO3. The van der Waals surface area contributed by atoms with E-state index >= 15 is 0 Å². The Balaban J connectivity index is 2.56. The van der Waals surface area contributed by atoms with Crippen LogP contribution in [0.15, 0.2) is 30.3 Å². The molecule has 0 aliphatic heterocycles. The third kappa shape index (κ3) is 4.82. The molecule has 18 heavy (non-hydrogen) atoms. The van der Waals surface area contributed by atoms with Gasteiger partial charge in [0.2, 0.25) is 5.91 Å². The van der Waals surface area contributed by atoms with E-state index in [9.17, 15) is 9.59 Å². The zero-order valence-electron chi connectivity index (χ0n) is 10.8. The Morgan fingerprint density at radius 2 is 1.83 bits per heavy atom. The van der Waals surface area contributed by atoms with Gasteiger partial charge in [0.15, 0.2) is 0 Å². The minimum atomic E-state index is -0.613. The molecule has 0 heterocycles. The maximum atomic E-state index is 11.2. The molecule has 0 fully saturated rings. The van der Waals surface area contributed by atoms with Crippen molar-refractivity contribution >= 4 is 18.0 Å². The molecule has 0 saturated carbocycles. The number of hydrogen-bond donors (Lipinski definition) is 1. The summed E-state index contributed by atoms with van der Waals surface area (Å²) in [5.41, 5.74) is 4.11. The summed E-state index contributed by atoms with van der Waals surface area (Å²) >= 11 is 0. The molecule has 1 N–H and O–H groups in total. The Hall–Kier alpha value is -2.10. The Kier molecular flexibility index (Phi) is 5.11. The van der Waals surface area contributed by atoms with Gasteiger partial charge >= 0.3 is 5.97 Å². The monoisotopic (exact) mass is 247 g/mol. The summed E-state index contributed by atoms with van der Waals surface area (Å²) in [5.74, 6) is -0.552. The topological polar surface area (TPSA) is 55.4 Å². The molecule has 0 saturated heterocycles. The molecule has 0 aliphatic carbocycles. The predicted octanol–water partition coefficient (Wildman–Crippen LogP) is 2.42. The van der Waals surface area contributed by atoms with Crippen LogP contribution in [-0.2, 0) is 14.4 Å². The van der Waals surface area contributed by atoms with E-state index in [1.165, 1.54) is 18.6 Å². The van der Waals surface area contributed by atoms with E-state index in [1.807, 2.05) is 29.7 Å². The normalized spacial score (nSPS) is 10.7. The van der Waals surface area contributed by atoms with E-state index in [-0.39, 0.29) is 0 Å². The minimum Gasteiger partial charge on any atom is -0.336 e. The SMILES string of the molecule is CC(=O)NOC(=O)C=Cc1ccc(C(C)C)cc1. The summed E-state index contributed by atoms with van der Waals surface area (Å²) in [7, 11) is 0. The molecule has 0 spiro atoms. The van der Waals surface area contributed by atoms with Gasteiger partial charge in [-0.25, -0.2) is 4.79 Å².